The van der Waals surface area contributed by atoms with Crippen molar-refractivity contribution in [3.63, 3.8) is 0 Å². The van der Waals surface area contributed by atoms with Gasteiger partial charge in [-0.25, -0.2) is 0 Å². The standard InChI is InChI=1S/C20H21ClN6O/c1-28-18-9-4-14(21)12-17(18)24-20-25-19(13-22-26-20)23-15-5-7-16(8-6-15)27-10-2-3-11-27/h4-9,12-13H,2-3,10-11H2,1H3,(H2,23,24,25,26). The topological polar surface area (TPSA) is 75.2 Å². The Morgan fingerprint density at radius 3 is 2.57 bits per heavy atom. The van der Waals surface area contributed by atoms with Gasteiger partial charge in [-0.3, -0.25) is 0 Å². The summed E-state index contributed by atoms with van der Waals surface area (Å²) < 4.78 is 5.34. The molecule has 2 aromatic carbocycles. The van der Waals surface area contributed by atoms with E-state index < -0.39 is 0 Å². The molecule has 0 atom stereocenters. The molecule has 28 heavy (non-hydrogen) atoms. The highest BCUT2D eigenvalue weighted by Crippen LogP contribution is 2.30. The van der Waals surface area contributed by atoms with Crippen LogP contribution in [0, 0.1) is 0 Å². The van der Waals surface area contributed by atoms with Crippen LogP contribution in [0.4, 0.5) is 28.8 Å². The van der Waals surface area contributed by atoms with E-state index in [9.17, 15) is 0 Å². The number of anilines is 5. The van der Waals surface area contributed by atoms with Gasteiger partial charge in [-0.2, -0.15) is 10.1 Å². The second-order valence-electron chi connectivity index (χ2n) is 6.50. The molecule has 2 N–H and O–H groups in total. The van der Waals surface area contributed by atoms with E-state index in [0.29, 0.717) is 28.2 Å². The molecule has 0 saturated carbocycles. The van der Waals surface area contributed by atoms with Crippen LogP contribution in [-0.2, 0) is 0 Å². The van der Waals surface area contributed by atoms with Crippen LogP contribution in [0.5, 0.6) is 5.75 Å². The van der Waals surface area contributed by atoms with Crippen LogP contribution in [0.25, 0.3) is 0 Å². The van der Waals surface area contributed by atoms with Gasteiger partial charge in [0.25, 0.3) is 0 Å². The van der Waals surface area contributed by atoms with Crippen molar-refractivity contribution >= 4 is 40.4 Å². The molecule has 4 rings (SSSR count). The molecular weight excluding hydrogens is 376 g/mol. The van der Waals surface area contributed by atoms with Gasteiger partial charge in [0.2, 0.25) is 5.95 Å². The van der Waals surface area contributed by atoms with Crippen molar-refractivity contribution in [3.8, 4) is 5.75 Å². The van der Waals surface area contributed by atoms with E-state index in [1.807, 2.05) is 12.1 Å². The summed E-state index contributed by atoms with van der Waals surface area (Å²) in [6.07, 6.45) is 4.11. The molecule has 0 aliphatic carbocycles. The first-order valence-electron chi connectivity index (χ1n) is 9.13. The van der Waals surface area contributed by atoms with E-state index in [0.717, 1.165) is 18.8 Å². The Bertz CT molecular complexity index is 944. The fourth-order valence-electron chi connectivity index (χ4n) is 3.19. The number of nitrogens with zero attached hydrogens (tertiary/aromatic N) is 4. The fourth-order valence-corrected chi connectivity index (χ4v) is 3.37. The highest BCUT2D eigenvalue weighted by Gasteiger charge is 2.12. The van der Waals surface area contributed by atoms with Gasteiger partial charge in [0, 0.05) is 29.5 Å². The summed E-state index contributed by atoms with van der Waals surface area (Å²) in [7, 11) is 1.59. The summed E-state index contributed by atoms with van der Waals surface area (Å²) in [4.78, 5) is 6.86. The molecule has 3 aromatic rings. The molecule has 2 heterocycles. The zero-order valence-corrected chi connectivity index (χ0v) is 16.3. The average Bonchev–Trinajstić information content (AvgIpc) is 3.24. The number of methoxy groups -OCH3 is 1. The lowest BCUT2D eigenvalue weighted by Crippen LogP contribution is -2.17. The van der Waals surface area contributed by atoms with Gasteiger partial charge in [-0.05, 0) is 55.3 Å². The Kier molecular flexibility index (Phi) is 5.43. The largest absolute Gasteiger partial charge is 0.495 e. The molecule has 1 aliphatic rings. The van der Waals surface area contributed by atoms with Crippen molar-refractivity contribution in [2.24, 2.45) is 0 Å². The molecule has 1 fully saturated rings. The Labute approximate surface area is 168 Å². The number of halogens is 1. The highest BCUT2D eigenvalue weighted by molar-refractivity contribution is 6.31. The maximum atomic E-state index is 6.07. The number of benzene rings is 2. The predicted octanol–water partition coefficient (Wildman–Crippen LogP) is 4.62. The Morgan fingerprint density at radius 2 is 1.82 bits per heavy atom. The van der Waals surface area contributed by atoms with E-state index in [1.165, 1.54) is 18.5 Å². The van der Waals surface area contributed by atoms with Crippen molar-refractivity contribution in [3.05, 3.63) is 53.7 Å². The van der Waals surface area contributed by atoms with Crippen LogP contribution < -0.4 is 20.3 Å². The maximum absolute atomic E-state index is 6.07. The lowest BCUT2D eigenvalue weighted by Gasteiger charge is -2.17. The molecule has 0 bridgehead atoms. The smallest absolute Gasteiger partial charge is 0.249 e. The molecule has 1 aliphatic heterocycles. The third-order valence-corrected chi connectivity index (χ3v) is 4.81. The van der Waals surface area contributed by atoms with Gasteiger partial charge in [0.05, 0.1) is 19.0 Å². The first-order valence-corrected chi connectivity index (χ1v) is 9.51. The van der Waals surface area contributed by atoms with Gasteiger partial charge in [0.15, 0.2) is 5.82 Å². The van der Waals surface area contributed by atoms with Crippen LogP contribution in [0.3, 0.4) is 0 Å². The summed E-state index contributed by atoms with van der Waals surface area (Å²) in [5.74, 6) is 1.58. The molecule has 1 aromatic heterocycles. The van der Waals surface area contributed by atoms with Gasteiger partial charge >= 0.3 is 0 Å². The molecule has 144 valence electrons. The molecule has 0 spiro atoms. The Morgan fingerprint density at radius 1 is 1.04 bits per heavy atom. The van der Waals surface area contributed by atoms with Crippen LogP contribution in [0.15, 0.2) is 48.7 Å². The number of aromatic nitrogens is 3. The van der Waals surface area contributed by atoms with E-state index in [4.69, 9.17) is 16.3 Å². The molecule has 8 heteroatoms. The van der Waals surface area contributed by atoms with Crippen LogP contribution in [-0.4, -0.2) is 35.4 Å². The quantitative estimate of drug-likeness (QED) is 0.629. The van der Waals surface area contributed by atoms with Crippen molar-refractivity contribution in [1.29, 1.82) is 0 Å². The zero-order chi connectivity index (χ0) is 19.3. The van der Waals surface area contributed by atoms with Gasteiger partial charge < -0.3 is 20.3 Å². The van der Waals surface area contributed by atoms with E-state index in [2.05, 4.69) is 42.8 Å². The summed E-state index contributed by atoms with van der Waals surface area (Å²) in [6.45, 7) is 2.26. The van der Waals surface area contributed by atoms with Gasteiger partial charge in [0.1, 0.15) is 5.75 Å². The van der Waals surface area contributed by atoms with Crippen molar-refractivity contribution in [2.45, 2.75) is 12.8 Å². The van der Waals surface area contributed by atoms with Crippen LogP contribution >= 0.6 is 11.6 Å². The molecule has 0 unspecified atom stereocenters. The summed E-state index contributed by atoms with van der Waals surface area (Å²) in [6, 6.07) is 13.6. The van der Waals surface area contributed by atoms with E-state index in [-0.39, 0.29) is 0 Å². The van der Waals surface area contributed by atoms with Crippen LogP contribution in [0.1, 0.15) is 12.8 Å². The fraction of sp³-hybridized carbons (Fsp3) is 0.250. The Hall–Kier alpha value is -3.06. The molecule has 1 saturated heterocycles. The van der Waals surface area contributed by atoms with Gasteiger partial charge in [-0.1, -0.05) is 11.6 Å². The normalized spacial score (nSPS) is 13.4. The maximum Gasteiger partial charge on any atom is 0.249 e. The minimum absolute atomic E-state index is 0.347. The number of hydrogen-bond donors (Lipinski definition) is 2. The number of hydrogen-bond acceptors (Lipinski definition) is 7. The lowest BCUT2D eigenvalue weighted by molar-refractivity contribution is 0.417. The zero-order valence-electron chi connectivity index (χ0n) is 15.5. The predicted molar refractivity (Wildman–Crippen MR) is 112 cm³/mol. The molecule has 0 radical (unpaired) electrons. The second-order valence-corrected chi connectivity index (χ2v) is 6.94. The highest BCUT2D eigenvalue weighted by atomic mass is 35.5. The first-order chi connectivity index (χ1) is 13.7. The molecule has 0 amide bonds. The Balaban J connectivity index is 1.47. The minimum atomic E-state index is 0.347. The minimum Gasteiger partial charge on any atom is -0.495 e. The van der Waals surface area contributed by atoms with E-state index >= 15 is 0 Å². The van der Waals surface area contributed by atoms with E-state index in [1.54, 1.807) is 31.5 Å². The van der Waals surface area contributed by atoms with Gasteiger partial charge in [-0.15, -0.1) is 5.10 Å². The van der Waals surface area contributed by atoms with Crippen molar-refractivity contribution in [2.75, 3.05) is 35.7 Å². The third-order valence-electron chi connectivity index (χ3n) is 4.58. The number of rotatable bonds is 6. The van der Waals surface area contributed by atoms with Crippen LogP contribution in [0.2, 0.25) is 5.02 Å². The third kappa shape index (κ3) is 4.26. The average molecular weight is 397 g/mol. The van der Waals surface area contributed by atoms with Crippen molar-refractivity contribution in [1.82, 2.24) is 15.2 Å². The SMILES string of the molecule is COc1ccc(Cl)cc1Nc1nncc(Nc2ccc(N3CCCC3)cc2)n1. The number of nitrogens with one attached hydrogen (secondary N) is 2. The summed E-state index contributed by atoms with van der Waals surface area (Å²) in [5.41, 5.74) is 2.86. The first kappa shape index (κ1) is 18.3. The second kappa shape index (κ2) is 8.31. The monoisotopic (exact) mass is 396 g/mol. The summed E-state index contributed by atoms with van der Waals surface area (Å²) >= 11 is 6.07. The lowest BCUT2D eigenvalue weighted by atomic mass is 10.2. The van der Waals surface area contributed by atoms with Crippen molar-refractivity contribution < 1.29 is 4.74 Å². The molecule has 7 nitrogen and oxygen atoms in total. The molecular formula is C20H21ClN6O. The summed E-state index contributed by atoms with van der Waals surface area (Å²) in [5, 5.41) is 15.0. The number of ether oxygens (including phenoxy) is 1.